The van der Waals surface area contributed by atoms with E-state index in [1.165, 1.54) is 13.0 Å². The summed E-state index contributed by atoms with van der Waals surface area (Å²) in [4.78, 5) is 31.2. The highest BCUT2D eigenvalue weighted by atomic mass is 19.2. The lowest BCUT2D eigenvalue weighted by atomic mass is 9.92. The van der Waals surface area contributed by atoms with Gasteiger partial charge in [0.15, 0.2) is 11.6 Å². The molecule has 2 aromatic heterocycles. The molecule has 4 aromatic rings. The summed E-state index contributed by atoms with van der Waals surface area (Å²) < 4.78 is 37.3. The molecule has 2 aliphatic rings. The van der Waals surface area contributed by atoms with Crippen LogP contribution in [-0.4, -0.2) is 42.5 Å². The Morgan fingerprint density at radius 1 is 1.02 bits per heavy atom. The van der Waals surface area contributed by atoms with Crippen molar-refractivity contribution < 1.29 is 23.1 Å². The molecule has 0 radical (unpaired) electrons. The zero-order valence-electron chi connectivity index (χ0n) is 22.6. The Balaban J connectivity index is 1.46. The van der Waals surface area contributed by atoms with E-state index in [1.54, 1.807) is 9.58 Å². The van der Waals surface area contributed by atoms with E-state index in [0.717, 1.165) is 65.8 Å². The van der Waals surface area contributed by atoms with E-state index >= 15 is 0 Å². The molecule has 11 heteroatoms. The highest BCUT2D eigenvalue weighted by Crippen LogP contribution is 2.42. The standard InChI is InChI=1S/C29H30F2N6O3/c1-16-28(35(3)34-33-16)18-4-11-25-24(14-18)32-29(37(25)19-5-8-21(9-6-19)40-17(2)38)26-12-13-27(39)36(26)20-7-10-22(30)23(31)15-20/h4,7,10-11,14-15,19,21,26H,5-6,8-9,12-13H2,1-3H3. The van der Waals surface area contributed by atoms with Crippen LogP contribution in [-0.2, 0) is 21.4 Å². The molecule has 1 atom stereocenters. The average molecular weight is 549 g/mol. The van der Waals surface area contributed by atoms with E-state index in [1.807, 2.05) is 32.2 Å². The van der Waals surface area contributed by atoms with Gasteiger partial charge in [0, 0.05) is 43.8 Å². The van der Waals surface area contributed by atoms with Crippen LogP contribution in [0.15, 0.2) is 36.4 Å². The first kappa shape index (κ1) is 26.1. The van der Waals surface area contributed by atoms with Gasteiger partial charge in [0.05, 0.1) is 28.5 Å². The molecule has 1 saturated carbocycles. The molecule has 6 rings (SSSR count). The molecule has 1 aliphatic heterocycles. The van der Waals surface area contributed by atoms with Crippen LogP contribution in [0.4, 0.5) is 14.5 Å². The second-order valence-electron chi connectivity index (χ2n) is 10.6. The maximum absolute atomic E-state index is 14.2. The number of aryl methyl sites for hydroxylation is 2. The predicted octanol–water partition coefficient (Wildman–Crippen LogP) is 5.33. The number of benzene rings is 2. The fraction of sp³-hybridized carbons (Fsp3) is 0.414. The normalized spacial score (nSPS) is 21.4. The minimum absolute atomic E-state index is 0.0697. The van der Waals surface area contributed by atoms with Gasteiger partial charge in [-0.25, -0.2) is 18.4 Å². The van der Waals surface area contributed by atoms with Crippen LogP contribution >= 0.6 is 0 Å². The Hall–Kier alpha value is -4.15. The average Bonchev–Trinajstić information content (AvgIpc) is 3.59. The van der Waals surface area contributed by atoms with Gasteiger partial charge in [-0.15, -0.1) is 5.10 Å². The monoisotopic (exact) mass is 548 g/mol. The van der Waals surface area contributed by atoms with Crippen molar-refractivity contribution in [2.45, 2.75) is 70.6 Å². The number of carbonyl (C=O) groups excluding carboxylic acids is 2. The van der Waals surface area contributed by atoms with Gasteiger partial charge in [-0.05, 0) is 63.3 Å². The molecule has 9 nitrogen and oxygen atoms in total. The number of nitrogens with zero attached hydrogens (tertiary/aromatic N) is 6. The Morgan fingerprint density at radius 2 is 1.80 bits per heavy atom. The van der Waals surface area contributed by atoms with E-state index in [0.29, 0.717) is 17.9 Å². The number of anilines is 1. The molecular formula is C29H30F2N6O3. The fourth-order valence-electron chi connectivity index (χ4n) is 6.28. The molecule has 40 heavy (non-hydrogen) atoms. The van der Waals surface area contributed by atoms with Gasteiger partial charge in [0.2, 0.25) is 5.91 Å². The SMILES string of the molecule is CC(=O)OC1CCC(n2c(C3CCC(=O)N3c3ccc(F)c(F)c3)nc3cc(-c4c(C)nnn4C)ccc32)CC1. The third-order valence-corrected chi connectivity index (χ3v) is 8.02. The highest BCUT2D eigenvalue weighted by Gasteiger charge is 2.39. The maximum atomic E-state index is 14.2. The molecule has 1 saturated heterocycles. The van der Waals surface area contributed by atoms with Crippen molar-refractivity contribution in [2.24, 2.45) is 7.05 Å². The first-order valence-electron chi connectivity index (χ1n) is 13.5. The summed E-state index contributed by atoms with van der Waals surface area (Å²) in [5.41, 5.74) is 4.61. The minimum Gasteiger partial charge on any atom is -0.463 e. The summed E-state index contributed by atoms with van der Waals surface area (Å²) in [5, 5.41) is 8.30. The van der Waals surface area contributed by atoms with E-state index in [4.69, 9.17) is 9.72 Å². The molecule has 2 fully saturated rings. The number of fused-ring (bicyclic) bond motifs is 1. The van der Waals surface area contributed by atoms with Crippen LogP contribution in [0.3, 0.4) is 0 Å². The lowest BCUT2D eigenvalue weighted by Crippen LogP contribution is -2.31. The van der Waals surface area contributed by atoms with Gasteiger partial charge < -0.3 is 14.2 Å². The van der Waals surface area contributed by atoms with Crippen molar-refractivity contribution in [1.29, 1.82) is 0 Å². The van der Waals surface area contributed by atoms with Crippen LogP contribution in [0.1, 0.15) is 69.1 Å². The Morgan fingerprint density at radius 3 is 2.48 bits per heavy atom. The van der Waals surface area contributed by atoms with Crippen LogP contribution in [0.5, 0.6) is 0 Å². The lowest BCUT2D eigenvalue weighted by Gasteiger charge is -2.32. The molecule has 1 amide bonds. The lowest BCUT2D eigenvalue weighted by molar-refractivity contribution is -0.148. The smallest absolute Gasteiger partial charge is 0.302 e. The van der Waals surface area contributed by atoms with Crippen LogP contribution in [0.25, 0.3) is 22.3 Å². The molecule has 3 heterocycles. The first-order valence-corrected chi connectivity index (χ1v) is 13.5. The number of carbonyl (C=O) groups is 2. The number of halogens is 2. The number of hydrogen-bond acceptors (Lipinski definition) is 6. The number of aromatic nitrogens is 5. The number of rotatable bonds is 5. The minimum atomic E-state index is -1.00. The largest absolute Gasteiger partial charge is 0.463 e. The van der Waals surface area contributed by atoms with Crippen LogP contribution < -0.4 is 4.90 Å². The first-order chi connectivity index (χ1) is 19.2. The highest BCUT2D eigenvalue weighted by molar-refractivity contribution is 5.96. The summed E-state index contributed by atoms with van der Waals surface area (Å²) in [6.07, 6.45) is 3.64. The molecular weight excluding hydrogens is 518 g/mol. The summed E-state index contributed by atoms with van der Waals surface area (Å²) in [5.74, 6) is -1.70. The summed E-state index contributed by atoms with van der Waals surface area (Å²) in [7, 11) is 1.84. The van der Waals surface area contributed by atoms with Crippen molar-refractivity contribution in [3.8, 4) is 11.3 Å². The topological polar surface area (TPSA) is 95.1 Å². The fourth-order valence-corrected chi connectivity index (χ4v) is 6.28. The van der Waals surface area contributed by atoms with E-state index in [2.05, 4.69) is 14.9 Å². The number of amides is 1. The molecule has 0 bridgehead atoms. The number of ether oxygens (including phenoxy) is 1. The molecule has 208 valence electrons. The molecule has 0 N–H and O–H groups in total. The number of imidazole rings is 1. The van der Waals surface area contributed by atoms with Gasteiger partial charge in [0.1, 0.15) is 11.9 Å². The summed E-state index contributed by atoms with van der Waals surface area (Å²) in [6, 6.07) is 9.23. The Labute approximate surface area is 229 Å². The third-order valence-electron chi connectivity index (χ3n) is 8.02. The molecule has 0 spiro atoms. The van der Waals surface area contributed by atoms with Gasteiger partial charge >= 0.3 is 5.97 Å². The van der Waals surface area contributed by atoms with E-state index < -0.39 is 17.7 Å². The second-order valence-corrected chi connectivity index (χ2v) is 10.6. The van der Waals surface area contributed by atoms with E-state index in [-0.39, 0.29) is 30.4 Å². The molecule has 2 aromatic carbocycles. The quantitative estimate of drug-likeness (QED) is 0.313. The van der Waals surface area contributed by atoms with Crippen LogP contribution in [0.2, 0.25) is 0 Å². The van der Waals surface area contributed by atoms with Crippen molar-refractivity contribution in [1.82, 2.24) is 24.5 Å². The molecule has 1 unspecified atom stereocenters. The predicted molar refractivity (Wildman–Crippen MR) is 143 cm³/mol. The van der Waals surface area contributed by atoms with Crippen molar-refractivity contribution in [3.63, 3.8) is 0 Å². The van der Waals surface area contributed by atoms with Gasteiger partial charge in [-0.2, -0.15) is 0 Å². The van der Waals surface area contributed by atoms with Gasteiger partial charge in [-0.3, -0.25) is 9.59 Å². The van der Waals surface area contributed by atoms with Gasteiger partial charge in [0.25, 0.3) is 0 Å². The zero-order valence-corrected chi connectivity index (χ0v) is 22.6. The van der Waals surface area contributed by atoms with Crippen molar-refractivity contribution in [3.05, 3.63) is 59.6 Å². The summed E-state index contributed by atoms with van der Waals surface area (Å²) in [6.45, 7) is 3.33. The second kappa shape index (κ2) is 10.1. The number of esters is 1. The summed E-state index contributed by atoms with van der Waals surface area (Å²) >= 11 is 0. The van der Waals surface area contributed by atoms with Crippen LogP contribution in [0, 0.1) is 18.6 Å². The van der Waals surface area contributed by atoms with Crippen molar-refractivity contribution >= 4 is 28.6 Å². The van der Waals surface area contributed by atoms with Gasteiger partial charge in [-0.1, -0.05) is 11.3 Å². The third kappa shape index (κ3) is 4.52. The number of hydrogen-bond donors (Lipinski definition) is 0. The maximum Gasteiger partial charge on any atom is 0.302 e. The van der Waals surface area contributed by atoms with E-state index in [9.17, 15) is 18.4 Å². The van der Waals surface area contributed by atoms with Crippen molar-refractivity contribution in [2.75, 3.05) is 4.90 Å². The zero-order chi connectivity index (χ0) is 28.1. The molecule has 1 aliphatic carbocycles. The Bertz CT molecular complexity index is 1600. The Kier molecular flexibility index (Phi) is 6.59.